The van der Waals surface area contributed by atoms with Gasteiger partial charge in [0.2, 0.25) is 0 Å². The summed E-state index contributed by atoms with van der Waals surface area (Å²) >= 11 is 0. The van der Waals surface area contributed by atoms with Crippen LogP contribution in [0.3, 0.4) is 0 Å². The highest BCUT2D eigenvalue weighted by atomic mass is 19.2. The maximum atomic E-state index is 13.9. The van der Waals surface area contributed by atoms with E-state index in [2.05, 4.69) is 21.0 Å². The van der Waals surface area contributed by atoms with Gasteiger partial charge in [-0.3, -0.25) is 10.00 Å². The first-order valence-corrected chi connectivity index (χ1v) is 10.8. The molecule has 180 valence electrons. The first kappa shape index (κ1) is 23.8. The summed E-state index contributed by atoms with van der Waals surface area (Å²) in [4.78, 5) is 13.1. The summed E-state index contributed by atoms with van der Waals surface area (Å²) in [5, 5.41) is 13.5. The lowest BCUT2D eigenvalue weighted by Crippen LogP contribution is -2.55. The largest absolute Gasteiger partial charge is 0.385 e. The number of rotatable bonds is 7. The number of carbonyl (C=O) groups excluding carboxylic acids is 1. The Hall–Kier alpha value is -3.37. The van der Waals surface area contributed by atoms with Crippen molar-refractivity contribution in [2.24, 2.45) is 7.05 Å². The van der Waals surface area contributed by atoms with Crippen molar-refractivity contribution in [3.63, 3.8) is 0 Å². The fourth-order valence-electron chi connectivity index (χ4n) is 4.38. The van der Waals surface area contributed by atoms with Gasteiger partial charge in [0.25, 0.3) is 0 Å². The molecule has 10 heteroatoms. The van der Waals surface area contributed by atoms with Crippen LogP contribution in [-0.2, 0) is 11.8 Å². The fraction of sp³-hybridized carbons (Fsp3) is 0.333. The Morgan fingerprint density at radius 3 is 2.65 bits per heavy atom. The lowest BCUT2D eigenvalue weighted by atomic mass is 9.79. The Kier molecular flexibility index (Phi) is 6.90. The van der Waals surface area contributed by atoms with Gasteiger partial charge in [0.1, 0.15) is 11.6 Å². The van der Waals surface area contributed by atoms with Crippen LogP contribution in [0.25, 0.3) is 11.3 Å². The topological polar surface area (TPSA) is 80.2 Å². The second kappa shape index (κ2) is 9.86. The van der Waals surface area contributed by atoms with Crippen LogP contribution in [0.1, 0.15) is 17.9 Å². The first-order chi connectivity index (χ1) is 16.3. The molecular formula is C24H26F3N5O2. The number of anilines is 1. The molecule has 1 aliphatic rings. The van der Waals surface area contributed by atoms with E-state index < -0.39 is 23.2 Å². The Morgan fingerprint density at radius 2 is 1.94 bits per heavy atom. The minimum atomic E-state index is -0.933. The van der Waals surface area contributed by atoms with Crippen molar-refractivity contribution in [1.82, 2.24) is 20.4 Å². The van der Waals surface area contributed by atoms with E-state index in [4.69, 9.17) is 4.74 Å². The number of amides is 2. The van der Waals surface area contributed by atoms with E-state index >= 15 is 0 Å². The standard InChI is InChI=1S/C24H26F3N5O2/c1-32-22(12-21(31-32)15-3-6-17(25)7-4-15)29-23(33)30-24(9-10-34-2)14-28-13-18(24)16-5-8-19(26)20(27)11-16/h3-8,11-12,18,28H,9-10,13-14H2,1-2H3,(H2,29,30,33)/t18-,24+/m0/s1. The molecule has 2 amide bonds. The molecule has 34 heavy (non-hydrogen) atoms. The zero-order chi connectivity index (χ0) is 24.3. The number of nitrogens with one attached hydrogen (secondary N) is 3. The molecule has 1 aromatic heterocycles. The summed E-state index contributed by atoms with van der Waals surface area (Å²) in [5.41, 5.74) is 1.08. The van der Waals surface area contributed by atoms with Crippen LogP contribution in [0.15, 0.2) is 48.5 Å². The monoisotopic (exact) mass is 473 g/mol. The molecule has 0 radical (unpaired) electrons. The lowest BCUT2D eigenvalue weighted by molar-refractivity contribution is 0.155. The van der Waals surface area contributed by atoms with Gasteiger partial charge < -0.3 is 15.4 Å². The molecule has 1 fully saturated rings. The van der Waals surface area contributed by atoms with Crippen molar-refractivity contribution >= 4 is 11.8 Å². The van der Waals surface area contributed by atoms with Gasteiger partial charge in [-0.25, -0.2) is 18.0 Å². The molecule has 1 saturated heterocycles. The van der Waals surface area contributed by atoms with Crippen molar-refractivity contribution in [1.29, 1.82) is 0 Å². The quantitative estimate of drug-likeness (QED) is 0.488. The van der Waals surface area contributed by atoms with Crippen molar-refractivity contribution in [2.75, 3.05) is 32.1 Å². The molecule has 0 aliphatic carbocycles. The number of aryl methyl sites for hydroxylation is 1. The molecular weight excluding hydrogens is 447 g/mol. The van der Waals surface area contributed by atoms with Crippen LogP contribution in [0.5, 0.6) is 0 Å². The van der Waals surface area contributed by atoms with E-state index in [1.807, 2.05) is 0 Å². The summed E-state index contributed by atoms with van der Waals surface area (Å²) in [5.74, 6) is -2.06. The highest BCUT2D eigenvalue weighted by molar-refractivity contribution is 5.89. The third-order valence-electron chi connectivity index (χ3n) is 6.18. The van der Waals surface area contributed by atoms with Crippen molar-refractivity contribution in [2.45, 2.75) is 17.9 Å². The second-order valence-electron chi connectivity index (χ2n) is 8.38. The van der Waals surface area contributed by atoms with E-state index in [0.29, 0.717) is 48.8 Å². The number of carbonyl (C=O) groups is 1. The number of halogens is 3. The van der Waals surface area contributed by atoms with E-state index in [1.165, 1.54) is 28.9 Å². The van der Waals surface area contributed by atoms with Crippen LogP contribution in [0.2, 0.25) is 0 Å². The van der Waals surface area contributed by atoms with E-state index in [-0.39, 0.29) is 11.7 Å². The smallest absolute Gasteiger partial charge is 0.320 e. The Morgan fingerprint density at radius 1 is 1.18 bits per heavy atom. The molecule has 2 atom stereocenters. The molecule has 0 saturated carbocycles. The summed E-state index contributed by atoms with van der Waals surface area (Å²) < 4.78 is 47.4. The Balaban J connectivity index is 1.55. The van der Waals surface area contributed by atoms with Crippen molar-refractivity contribution in [3.05, 3.63) is 71.5 Å². The second-order valence-corrected chi connectivity index (χ2v) is 8.38. The summed E-state index contributed by atoms with van der Waals surface area (Å²) in [6.07, 6.45) is 0.458. The van der Waals surface area contributed by atoms with Crippen LogP contribution in [-0.4, -0.2) is 48.2 Å². The minimum absolute atomic E-state index is 0.301. The minimum Gasteiger partial charge on any atom is -0.385 e. The summed E-state index contributed by atoms with van der Waals surface area (Å²) in [6.45, 7) is 1.28. The predicted molar refractivity (Wildman–Crippen MR) is 122 cm³/mol. The number of nitrogens with zero attached hydrogens (tertiary/aromatic N) is 2. The van der Waals surface area contributed by atoms with Crippen LogP contribution in [0, 0.1) is 17.5 Å². The molecule has 2 heterocycles. The van der Waals surface area contributed by atoms with Gasteiger partial charge in [0.05, 0.1) is 11.2 Å². The maximum absolute atomic E-state index is 13.9. The molecule has 0 unspecified atom stereocenters. The highest BCUT2D eigenvalue weighted by Crippen LogP contribution is 2.35. The van der Waals surface area contributed by atoms with Crippen LogP contribution in [0.4, 0.5) is 23.8 Å². The highest BCUT2D eigenvalue weighted by Gasteiger charge is 2.45. The molecule has 7 nitrogen and oxygen atoms in total. The number of ether oxygens (including phenoxy) is 1. The maximum Gasteiger partial charge on any atom is 0.320 e. The van der Waals surface area contributed by atoms with Crippen LogP contribution < -0.4 is 16.0 Å². The number of hydrogen-bond acceptors (Lipinski definition) is 4. The molecule has 0 bridgehead atoms. The SMILES string of the molecule is COCC[C@@]1(NC(=O)Nc2cc(-c3ccc(F)cc3)nn2C)CNC[C@H]1c1ccc(F)c(F)c1. The van der Waals surface area contributed by atoms with Gasteiger partial charge in [-0.2, -0.15) is 5.10 Å². The predicted octanol–water partition coefficient (Wildman–Crippen LogP) is 3.79. The van der Waals surface area contributed by atoms with Gasteiger partial charge in [-0.05, 0) is 48.4 Å². The third kappa shape index (κ3) is 4.92. The number of hydrogen-bond donors (Lipinski definition) is 3. The Labute approximate surface area is 195 Å². The first-order valence-electron chi connectivity index (χ1n) is 10.8. The zero-order valence-corrected chi connectivity index (χ0v) is 18.9. The van der Waals surface area contributed by atoms with Gasteiger partial charge in [-0.1, -0.05) is 6.07 Å². The third-order valence-corrected chi connectivity index (χ3v) is 6.18. The molecule has 4 rings (SSSR count). The lowest BCUT2D eigenvalue weighted by Gasteiger charge is -2.36. The van der Waals surface area contributed by atoms with Gasteiger partial charge in [0, 0.05) is 51.4 Å². The number of urea groups is 1. The molecule has 1 aliphatic heterocycles. The molecule has 2 aromatic carbocycles. The normalized spacial score (nSPS) is 19.9. The number of benzene rings is 2. The van der Waals surface area contributed by atoms with Gasteiger partial charge in [0.15, 0.2) is 11.6 Å². The molecule has 3 aromatic rings. The van der Waals surface area contributed by atoms with Gasteiger partial charge in [-0.15, -0.1) is 0 Å². The summed E-state index contributed by atoms with van der Waals surface area (Å²) in [7, 11) is 3.25. The van der Waals surface area contributed by atoms with Crippen molar-refractivity contribution in [3.8, 4) is 11.3 Å². The van der Waals surface area contributed by atoms with E-state index in [9.17, 15) is 18.0 Å². The number of aromatic nitrogens is 2. The average molecular weight is 473 g/mol. The van der Waals surface area contributed by atoms with Crippen LogP contribution >= 0.6 is 0 Å². The number of methoxy groups -OCH3 is 1. The fourth-order valence-corrected chi connectivity index (χ4v) is 4.38. The molecule has 3 N–H and O–H groups in total. The molecule has 0 spiro atoms. The Bertz CT molecular complexity index is 1170. The van der Waals surface area contributed by atoms with E-state index in [0.717, 1.165) is 6.07 Å². The van der Waals surface area contributed by atoms with Gasteiger partial charge >= 0.3 is 6.03 Å². The zero-order valence-electron chi connectivity index (χ0n) is 18.9. The van der Waals surface area contributed by atoms with Crippen molar-refractivity contribution < 1.29 is 22.7 Å². The van der Waals surface area contributed by atoms with E-state index in [1.54, 1.807) is 32.4 Å². The summed E-state index contributed by atoms with van der Waals surface area (Å²) in [6, 6.07) is 10.9. The average Bonchev–Trinajstić information content (AvgIpc) is 3.38.